The average Bonchev–Trinajstić information content (AvgIpc) is 2.51. The molecule has 0 radical (unpaired) electrons. The van der Waals surface area contributed by atoms with Gasteiger partial charge >= 0.3 is 5.97 Å². The summed E-state index contributed by atoms with van der Waals surface area (Å²) >= 11 is 1.39. The van der Waals surface area contributed by atoms with Crippen molar-refractivity contribution in [3.63, 3.8) is 0 Å². The van der Waals surface area contributed by atoms with E-state index in [1.165, 1.54) is 11.3 Å². The van der Waals surface area contributed by atoms with E-state index >= 15 is 0 Å². The molecule has 0 bridgehead atoms. The van der Waals surface area contributed by atoms with Gasteiger partial charge in [0.05, 0.1) is 5.69 Å². The molecule has 15 heavy (non-hydrogen) atoms. The van der Waals surface area contributed by atoms with E-state index < -0.39 is 11.4 Å². The molecule has 1 heterocycles. The molecule has 0 aliphatic carbocycles. The first kappa shape index (κ1) is 11.9. The van der Waals surface area contributed by atoms with Gasteiger partial charge < -0.3 is 5.11 Å². The zero-order valence-corrected chi connectivity index (χ0v) is 10.1. The number of carboxylic acids is 1. The highest BCUT2D eigenvalue weighted by Crippen LogP contribution is 2.27. The zero-order valence-electron chi connectivity index (χ0n) is 9.24. The Balaban J connectivity index is 2.89. The van der Waals surface area contributed by atoms with Crippen molar-refractivity contribution in [2.24, 2.45) is 0 Å². The number of nitrogens with one attached hydrogen (secondary N) is 1. The predicted octanol–water partition coefficient (Wildman–Crippen LogP) is 1.39. The first-order valence-electron chi connectivity index (χ1n) is 4.47. The summed E-state index contributed by atoms with van der Waals surface area (Å²) in [5.74, 6) is -0.871. The Hall–Kier alpha value is -1.14. The van der Waals surface area contributed by atoms with Gasteiger partial charge in [-0.1, -0.05) is 0 Å². The van der Waals surface area contributed by atoms with E-state index in [9.17, 15) is 4.79 Å². The minimum atomic E-state index is -0.942. The van der Waals surface area contributed by atoms with Gasteiger partial charge in [-0.3, -0.25) is 10.2 Å². The maximum Gasteiger partial charge on any atom is 0.315 e. The predicted molar refractivity (Wildman–Crippen MR) is 60.1 cm³/mol. The van der Waals surface area contributed by atoms with Crippen molar-refractivity contribution in [3.8, 4) is 0 Å². The molecule has 5 nitrogen and oxygen atoms in total. The monoisotopic (exact) mass is 229 g/mol. The fraction of sp³-hybridized carbons (Fsp3) is 0.556. The van der Waals surface area contributed by atoms with Gasteiger partial charge in [-0.2, -0.15) is 0 Å². The van der Waals surface area contributed by atoms with Gasteiger partial charge in [0.2, 0.25) is 0 Å². The minimum absolute atomic E-state index is 0.573. The molecule has 0 saturated carbocycles. The summed E-state index contributed by atoms with van der Waals surface area (Å²) in [7, 11) is 3.70. The van der Waals surface area contributed by atoms with E-state index in [-0.39, 0.29) is 0 Å². The van der Waals surface area contributed by atoms with Gasteiger partial charge in [0.25, 0.3) is 0 Å². The van der Waals surface area contributed by atoms with Crippen LogP contribution in [0.25, 0.3) is 0 Å². The third kappa shape index (κ3) is 2.66. The highest BCUT2D eigenvalue weighted by molar-refractivity contribution is 7.13. The summed E-state index contributed by atoms with van der Waals surface area (Å²) in [6, 6.07) is 0. The Morgan fingerprint density at radius 1 is 1.60 bits per heavy atom. The van der Waals surface area contributed by atoms with Crippen LogP contribution in [0.2, 0.25) is 0 Å². The molecule has 0 atom stereocenters. The Kier molecular flexibility index (Phi) is 3.31. The van der Waals surface area contributed by atoms with E-state index in [0.717, 1.165) is 0 Å². The van der Waals surface area contributed by atoms with E-state index in [0.29, 0.717) is 10.8 Å². The standard InChI is InChI=1S/C9H15N3O2S/c1-9(2,7(13)14)6-5-15-8(10-6)11-12(3)4/h5H,1-4H3,(H,10,11)(H,13,14). The van der Waals surface area contributed by atoms with Crippen LogP contribution in [-0.2, 0) is 10.2 Å². The van der Waals surface area contributed by atoms with Crippen LogP contribution in [0.4, 0.5) is 5.13 Å². The van der Waals surface area contributed by atoms with Crippen LogP contribution < -0.4 is 5.43 Å². The number of anilines is 1. The quantitative estimate of drug-likeness (QED) is 0.764. The van der Waals surface area contributed by atoms with Gasteiger partial charge in [-0.05, 0) is 13.8 Å². The summed E-state index contributed by atoms with van der Waals surface area (Å²) in [6.45, 7) is 3.29. The van der Waals surface area contributed by atoms with Crippen molar-refractivity contribution in [2.75, 3.05) is 19.5 Å². The smallest absolute Gasteiger partial charge is 0.315 e. The Morgan fingerprint density at radius 2 is 2.20 bits per heavy atom. The molecule has 1 aromatic rings. The molecular formula is C9H15N3O2S. The number of carbonyl (C=O) groups is 1. The summed E-state index contributed by atoms with van der Waals surface area (Å²) in [6.07, 6.45) is 0. The third-order valence-corrected chi connectivity index (χ3v) is 2.75. The lowest BCUT2D eigenvalue weighted by molar-refractivity contribution is -0.142. The van der Waals surface area contributed by atoms with E-state index in [2.05, 4.69) is 10.4 Å². The van der Waals surface area contributed by atoms with Crippen molar-refractivity contribution in [2.45, 2.75) is 19.3 Å². The molecule has 1 rings (SSSR count). The largest absolute Gasteiger partial charge is 0.481 e. The maximum atomic E-state index is 11.0. The number of carboxylic acid groups (broad SMARTS) is 1. The normalized spacial score (nSPS) is 11.8. The SMILES string of the molecule is CN(C)Nc1nc(C(C)(C)C(=O)O)cs1. The number of aliphatic carboxylic acids is 1. The molecule has 1 aromatic heterocycles. The van der Waals surface area contributed by atoms with Gasteiger partial charge in [0, 0.05) is 19.5 Å². The molecule has 0 amide bonds. The summed E-state index contributed by atoms with van der Waals surface area (Å²) in [5.41, 5.74) is 2.62. The average molecular weight is 229 g/mol. The zero-order chi connectivity index (χ0) is 11.6. The first-order valence-corrected chi connectivity index (χ1v) is 5.35. The molecule has 2 N–H and O–H groups in total. The maximum absolute atomic E-state index is 11.0. The first-order chi connectivity index (χ1) is 6.84. The van der Waals surface area contributed by atoms with Crippen molar-refractivity contribution in [3.05, 3.63) is 11.1 Å². The van der Waals surface area contributed by atoms with Gasteiger partial charge in [-0.25, -0.2) is 9.99 Å². The lowest BCUT2D eigenvalue weighted by atomic mass is 9.91. The number of hydrogen-bond acceptors (Lipinski definition) is 5. The molecule has 84 valence electrons. The van der Waals surface area contributed by atoms with Crippen LogP contribution in [0.5, 0.6) is 0 Å². The van der Waals surface area contributed by atoms with Crippen molar-refractivity contribution in [1.82, 2.24) is 9.99 Å². The van der Waals surface area contributed by atoms with Crippen LogP contribution in [-0.4, -0.2) is 35.2 Å². The van der Waals surface area contributed by atoms with Crippen LogP contribution in [0.3, 0.4) is 0 Å². The van der Waals surface area contributed by atoms with Crippen LogP contribution in [0.1, 0.15) is 19.5 Å². The fourth-order valence-corrected chi connectivity index (χ4v) is 1.87. The summed E-state index contributed by atoms with van der Waals surface area (Å²) in [5, 5.41) is 13.2. The van der Waals surface area contributed by atoms with E-state index in [1.807, 2.05) is 14.1 Å². The molecule has 6 heteroatoms. The Labute approximate surface area is 92.7 Å². The second kappa shape index (κ2) is 4.16. The molecular weight excluding hydrogens is 214 g/mol. The van der Waals surface area contributed by atoms with Gasteiger partial charge in [0.15, 0.2) is 5.13 Å². The molecule has 0 unspecified atom stereocenters. The number of aromatic nitrogens is 1. The Bertz CT molecular complexity index is 360. The fourth-order valence-electron chi connectivity index (χ4n) is 0.913. The van der Waals surface area contributed by atoms with E-state index in [4.69, 9.17) is 5.11 Å². The molecule has 0 aliphatic heterocycles. The van der Waals surface area contributed by atoms with Crippen molar-refractivity contribution >= 4 is 22.4 Å². The van der Waals surface area contributed by atoms with Crippen molar-refractivity contribution in [1.29, 1.82) is 0 Å². The second-order valence-electron chi connectivity index (χ2n) is 3.97. The molecule has 0 fully saturated rings. The molecule has 0 saturated heterocycles. The van der Waals surface area contributed by atoms with Gasteiger partial charge in [-0.15, -0.1) is 11.3 Å². The van der Waals surface area contributed by atoms with Crippen LogP contribution >= 0.6 is 11.3 Å². The molecule has 0 aliphatic rings. The van der Waals surface area contributed by atoms with E-state index in [1.54, 1.807) is 24.2 Å². The van der Waals surface area contributed by atoms with Gasteiger partial charge in [0.1, 0.15) is 5.41 Å². The highest BCUT2D eigenvalue weighted by atomic mass is 32.1. The second-order valence-corrected chi connectivity index (χ2v) is 4.83. The lowest BCUT2D eigenvalue weighted by Crippen LogP contribution is -2.29. The molecule has 0 spiro atoms. The number of thiazole rings is 1. The topological polar surface area (TPSA) is 65.5 Å². The summed E-state index contributed by atoms with van der Waals surface area (Å²) < 4.78 is 0. The van der Waals surface area contributed by atoms with Crippen molar-refractivity contribution < 1.29 is 9.90 Å². The summed E-state index contributed by atoms with van der Waals surface area (Å²) in [4.78, 5) is 15.2. The van der Waals surface area contributed by atoms with Crippen LogP contribution in [0, 0.1) is 0 Å². The number of hydrazine groups is 1. The van der Waals surface area contributed by atoms with Crippen LogP contribution in [0.15, 0.2) is 5.38 Å². The third-order valence-electron chi connectivity index (χ3n) is 2.00. The number of rotatable bonds is 4. The number of hydrogen-bond donors (Lipinski definition) is 2. The molecule has 0 aromatic carbocycles. The Morgan fingerprint density at radius 3 is 2.67 bits per heavy atom. The lowest BCUT2D eigenvalue weighted by Gasteiger charge is -2.16. The highest BCUT2D eigenvalue weighted by Gasteiger charge is 2.32. The number of nitrogens with zero attached hydrogens (tertiary/aromatic N) is 2. The minimum Gasteiger partial charge on any atom is -0.481 e.